The van der Waals surface area contributed by atoms with E-state index in [1.165, 1.54) is 11.9 Å². The van der Waals surface area contributed by atoms with Gasteiger partial charge in [0.15, 0.2) is 11.5 Å². The van der Waals surface area contributed by atoms with Crippen LogP contribution < -0.4 is 25.0 Å². The van der Waals surface area contributed by atoms with Crippen LogP contribution in [0.1, 0.15) is 0 Å². The van der Waals surface area contributed by atoms with E-state index in [-0.39, 0.29) is 31.7 Å². The molecular weight excluding hydrogens is 250 g/mol. The molecule has 7 nitrogen and oxygen atoms in total. The van der Waals surface area contributed by atoms with Crippen LogP contribution in [0, 0.1) is 0 Å². The zero-order valence-electron chi connectivity index (χ0n) is 10.4. The van der Waals surface area contributed by atoms with E-state index in [1.807, 2.05) is 0 Å². The molecule has 0 saturated heterocycles. The number of likely N-dealkylation sites (N-methyl/N-ethyl adjacent to an activating group) is 1. The zero-order chi connectivity index (χ0) is 13.4. The van der Waals surface area contributed by atoms with Gasteiger partial charge in [0.2, 0.25) is 18.6 Å². The minimum Gasteiger partial charge on any atom is -0.454 e. The third kappa shape index (κ3) is 1.92. The highest BCUT2D eigenvalue weighted by atomic mass is 16.7. The summed E-state index contributed by atoms with van der Waals surface area (Å²) in [6.07, 6.45) is 0. The van der Waals surface area contributed by atoms with E-state index in [0.717, 1.165) is 5.69 Å². The Morgan fingerprint density at radius 1 is 1.42 bits per heavy atom. The van der Waals surface area contributed by atoms with Crippen LogP contribution in [0.2, 0.25) is 0 Å². The number of hydrogen-bond acceptors (Lipinski definition) is 5. The van der Waals surface area contributed by atoms with Gasteiger partial charge in [0, 0.05) is 19.2 Å². The van der Waals surface area contributed by atoms with Crippen molar-refractivity contribution in [3.63, 3.8) is 0 Å². The van der Waals surface area contributed by atoms with E-state index < -0.39 is 0 Å². The van der Waals surface area contributed by atoms with E-state index in [4.69, 9.17) is 9.47 Å². The number of hydrogen-bond donors (Lipinski definition) is 2. The van der Waals surface area contributed by atoms with Gasteiger partial charge in [-0.2, -0.15) is 0 Å². The highest BCUT2D eigenvalue weighted by molar-refractivity contribution is 6.06. The molecule has 0 bridgehead atoms. The van der Waals surface area contributed by atoms with Crippen molar-refractivity contribution < 1.29 is 19.1 Å². The molecule has 1 aromatic rings. The van der Waals surface area contributed by atoms with Crippen molar-refractivity contribution in [2.45, 2.75) is 0 Å². The molecule has 0 atom stereocenters. The smallest absolute Gasteiger partial charge is 0.246 e. The van der Waals surface area contributed by atoms with Gasteiger partial charge in [-0.15, -0.1) is 0 Å². The highest BCUT2D eigenvalue weighted by Gasteiger charge is 2.28. The van der Waals surface area contributed by atoms with Gasteiger partial charge in [-0.3, -0.25) is 14.5 Å². The van der Waals surface area contributed by atoms with Gasteiger partial charge in [-0.05, 0) is 0 Å². The van der Waals surface area contributed by atoms with Crippen molar-refractivity contribution in [2.24, 2.45) is 0 Å². The fourth-order valence-electron chi connectivity index (χ4n) is 2.09. The van der Waals surface area contributed by atoms with Crippen LogP contribution in [0.4, 0.5) is 11.4 Å². The van der Waals surface area contributed by atoms with Gasteiger partial charge in [0.1, 0.15) is 6.54 Å². The molecule has 1 aromatic carbocycles. The zero-order valence-corrected chi connectivity index (χ0v) is 10.4. The Balaban J connectivity index is 1.99. The first-order valence-corrected chi connectivity index (χ1v) is 5.87. The molecule has 2 aliphatic rings. The molecule has 0 radical (unpaired) electrons. The van der Waals surface area contributed by atoms with Gasteiger partial charge < -0.3 is 20.1 Å². The van der Waals surface area contributed by atoms with Crippen LogP contribution in [-0.4, -0.2) is 38.7 Å². The summed E-state index contributed by atoms with van der Waals surface area (Å²) in [7, 11) is 1.54. The van der Waals surface area contributed by atoms with Crippen LogP contribution >= 0.6 is 0 Å². The van der Waals surface area contributed by atoms with E-state index in [1.54, 1.807) is 12.1 Å². The number of fused-ring (bicyclic) bond motifs is 2. The van der Waals surface area contributed by atoms with Gasteiger partial charge in [-0.25, -0.2) is 0 Å². The van der Waals surface area contributed by atoms with Crippen molar-refractivity contribution >= 4 is 23.2 Å². The summed E-state index contributed by atoms with van der Waals surface area (Å²) in [6, 6.07) is 3.49. The molecule has 3 rings (SSSR count). The standard InChI is InChI=1S/C12H13N3O4/c1-13-11(16)5-15-8-3-10-9(18-6-19-10)2-7(8)14-4-12(15)17/h2-3,14H,4-6H2,1H3,(H,13,16). The largest absolute Gasteiger partial charge is 0.454 e. The number of rotatable bonds is 2. The number of carbonyl (C=O) groups is 2. The molecule has 0 saturated carbocycles. The fourth-order valence-corrected chi connectivity index (χ4v) is 2.09. The predicted molar refractivity (Wildman–Crippen MR) is 67.5 cm³/mol. The monoisotopic (exact) mass is 263 g/mol. The second-order valence-corrected chi connectivity index (χ2v) is 4.23. The lowest BCUT2D eigenvalue weighted by Gasteiger charge is -2.29. The molecule has 0 aromatic heterocycles. The topological polar surface area (TPSA) is 79.9 Å². The summed E-state index contributed by atoms with van der Waals surface area (Å²) in [6.45, 7) is 0.314. The quantitative estimate of drug-likeness (QED) is 0.780. The SMILES string of the molecule is CNC(=O)CN1C(=O)CNc2cc3c(cc21)OCO3. The summed E-state index contributed by atoms with van der Waals surface area (Å²) in [5, 5.41) is 5.51. The lowest BCUT2D eigenvalue weighted by atomic mass is 10.1. The number of nitrogens with zero attached hydrogens (tertiary/aromatic N) is 1. The Morgan fingerprint density at radius 3 is 2.89 bits per heavy atom. The van der Waals surface area contributed by atoms with Crippen LogP contribution in [0.15, 0.2) is 12.1 Å². The maximum absolute atomic E-state index is 11.9. The Kier molecular flexibility index (Phi) is 2.66. The number of benzene rings is 1. The lowest BCUT2D eigenvalue weighted by Crippen LogP contribution is -2.45. The molecule has 2 aliphatic heterocycles. The maximum Gasteiger partial charge on any atom is 0.246 e. The van der Waals surface area contributed by atoms with Crippen molar-refractivity contribution in [3.05, 3.63) is 12.1 Å². The Bertz CT molecular complexity index is 558. The molecule has 7 heteroatoms. The molecule has 0 aliphatic carbocycles. The highest BCUT2D eigenvalue weighted by Crippen LogP contribution is 2.42. The summed E-state index contributed by atoms with van der Waals surface area (Å²) >= 11 is 0. The van der Waals surface area contributed by atoms with Gasteiger partial charge in [0.25, 0.3) is 0 Å². The Labute approximate surface area is 109 Å². The first-order valence-electron chi connectivity index (χ1n) is 5.87. The predicted octanol–water partition coefficient (Wildman–Crippen LogP) is -0.0802. The second kappa shape index (κ2) is 4.34. The average molecular weight is 263 g/mol. The third-order valence-corrected chi connectivity index (χ3v) is 3.09. The van der Waals surface area contributed by atoms with E-state index in [2.05, 4.69) is 10.6 Å². The van der Waals surface area contributed by atoms with Gasteiger partial charge >= 0.3 is 0 Å². The summed E-state index contributed by atoms with van der Waals surface area (Å²) in [4.78, 5) is 24.8. The molecule has 2 amide bonds. The van der Waals surface area contributed by atoms with Crippen LogP contribution in [0.3, 0.4) is 0 Å². The Morgan fingerprint density at radius 2 is 2.16 bits per heavy atom. The van der Waals surface area contributed by atoms with Crippen molar-refractivity contribution in [2.75, 3.05) is 37.1 Å². The third-order valence-electron chi connectivity index (χ3n) is 3.09. The van der Waals surface area contributed by atoms with E-state index in [9.17, 15) is 9.59 Å². The van der Waals surface area contributed by atoms with Crippen molar-refractivity contribution in [1.82, 2.24) is 5.32 Å². The molecule has 0 spiro atoms. The number of ether oxygens (including phenoxy) is 2. The molecule has 0 unspecified atom stereocenters. The minimum atomic E-state index is -0.223. The van der Waals surface area contributed by atoms with E-state index >= 15 is 0 Å². The summed E-state index contributed by atoms with van der Waals surface area (Å²) < 4.78 is 10.6. The van der Waals surface area contributed by atoms with Crippen molar-refractivity contribution in [3.8, 4) is 11.5 Å². The summed E-state index contributed by atoms with van der Waals surface area (Å²) in [5.74, 6) is 0.839. The average Bonchev–Trinajstić information content (AvgIpc) is 2.87. The van der Waals surface area contributed by atoms with Crippen LogP contribution in [0.5, 0.6) is 11.5 Å². The molecule has 0 fully saturated rings. The first-order chi connectivity index (χ1) is 9.19. The minimum absolute atomic E-state index is 0.0103. The van der Waals surface area contributed by atoms with Crippen molar-refractivity contribution in [1.29, 1.82) is 0 Å². The van der Waals surface area contributed by atoms with Gasteiger partial charge in [0.05, 0.1) is 17.9 Å². The molecular formula is C12H13N3O4. The number of anilines is 2. The second-order valence-electron chi connectivity index (χ2n) is 4.23. The lowest BCUT2D eigenvalue weighted by molar-refractivity contribution is -0.123. The van der Waals surface area contributed by atoms with Crippen LogP contribution in [0.25, 0.3) is 0 Å². The summed E-state index contributed by atoms with van der Waals surface area (Å²) in [5.41, 5.74) is 1.39. The fraction of sp³-hybridized carbons (Fsp3) is 0.333. The molecule has 2 heterocycles. The maximum atomic E-state index is 11.9. The van der Waals surface area contributed by atoms with E-state index in [0.29, 0.717) is 17.2 Å². The normalized spacial score (nSPS) is 15.8. The number of nitrogens with one attached hydrogen (secondary N) is 2. The van der Waals surface area contributed by atoms with Gasteiger partial charge in [-0.1, -0.05) is 0 Å². The number of amides is 2. The molecule has 100 valence electrons. The first kappa shape index (κ1) is 11.6. The number of carbonyl (C=O) groups excluding carboxylic acids is 2. The molecule has 2 N–H and O–H groups in total. The van der Waals surface area contributed by atoms with Crippen LogP contribution in [-0.2, 0) is 9.59 Å². The Hall–Kier alpha value is -2.44. The molecule has 19 heavy (non-hydrogen) atoms.